The standard InChI is InChI=1S/C10H12ClIO.C10H13ClO/c1-6(2)7-4-9(12)10(13-3)5-8(7)11;1-7(2)9-5-4-8(12-3)6-10(9)11/h4-6H,1-3H3;4-7H,1-3H3. The first-order chi connectivity index (χ1) is 11.7. The van der Waals surface area contributed by atoms with Crippen LogP contribution in [-0.2, 0) is 0 Å². The van der Waals surface area contributed by atoms with E-state index in [1.807, 2.05) is 24.3 Å². The fraction of sp³-hybridized carbons (Fsp3) is 0.400. The first kappa shape index (κ1) is 22.4. The van der Waals surface area contributed by atoms with E-state index in [4.69, 9.17) is 32.7 Å². The van der Waals surface area contributed by atoms with Crippen LogP contribution in [0.15, 0.2) is 30.3 Å². The van der Waals surface area contributed by atoms with Crippen molar-refractivity contribution < 1.29 is 9.47 Å². The zero-order valence-electron chi connectivity index (χ0n) is 15.5. The fourth-order valence-corrected chi connectivity index (χ4v) is 3.72. The highest BCUT2D eigenvalue weighted by Gasteiger charge is 2.09. The van der Waals surface area contributed by atoms with Gasteiger partial charge in [0.25, 0.3) is 0 Å². The van der Waals surface area contributed by atoms with E-state index in [9.17, 15) is 0 Å². The summed E-state index contributed by atoms with van der Waals surface area (Å²) in [5.41, 5.74) is 2.34. The lowest BCUT2D eigenvalue weighted by atomic mass is 10.0. The smallest absolute Gasteiger partial charge is 0.133 e. The van der Waals surface area contributed by atoms with Gasteiger partial charge in [-0.2, -0.15) is 0 Å². The van der Waals surface area contributed by atoms with E-state index in [2.05, 4.69) is 56.4 Å². The van der Waals surface area contributed by atoms with Crippen LogP contribution in [0.1, 0.15) is 50.7 Å². The Morgan fingerprint density at radius 3 is 1.80 bits per heavy atom. The second kappa shape index (κ2) is 10.5. The van der Waals surface area contributed by atoms with Gasteiger partial charge in [-0.1, -0.05) is 57.0 Å². The number of benzene rings is 2. The lowest BCUT2D eigenvalue weighted by Crippen LogP contribution is -1.93. The van der Waals surface area contributed by atoms with Crippen LogP contribution >= 0.6 is 45.8 Å². The van der Waals surface area contributed by atoms with Crippen LogP contribution in [0.5, 0.6) is 11.5 Å². The first-order valence-corrected chi connectivity index (χ1v) is 9.91. The van der Waals surface area contributed by atoms with Gasteiger partial charge >= 0.3 is 0 Å². The van der Waals surface area contributed by atoms with Crippen molar-refractivity contribution in [2.24, 2.45) is 0 Å². The number of halogens is 3. The van der Waals surface area contributed by atoms with Crippen molar-refractivity contribution in [3.05, 3.63) is 55.1 Å². The van der Waals surface area contributed by atoms with Crippen molar-refractivity contribution in [3.8, 4) is 11.5 Å². The van der Waals surface area contributed by atoms with Crippen molar-refractivity contribution in [2.75, 3.05) is 14.2 Å². The molecule has 0 aromatic heterocycles. The molecule has 5 heteroatoms. The van der Waals surface area contributed by atoms with Gasteiger partial charge < -0.3 is 9.47 Å². The van der Waals surface area contributed by atoms with E-state index in [1.165, 1.54) is 5.56 Å². The molecule has 0 N–H and O–H groups in total. The third-order valence-electron chi connectivity index (χ3n) is 3.72. The Kier molecular flexibility index (Phi) is 9.39. The minimum Gasteiger partial charge on any atom is -0.497 e. The second-order valence-electron chi connectivity index (χ2n) is 6.21. The van der Waals surface area contributed by atoms with Gasteiger partial charge in [0.1, 0.15) is 11.5 Å². The monoisotopic (exact) mass is 494 g/mol. The maximum absolute atomic E-state index is 6.09. The molecule has 0 atom stereocenters. The summed E-state index contributed by atoms with van der Waals surface area (Å²) < 4.78 is 11.3. The molecule has 0 unspecified atom stereocenters. The van der Waals surface area contributed by atoms with Gasteiger partial charge in [-0.25, -0.2) is 0 Å². The molecule has 25 heavy (non-hydrogen) atoms. The van der Waals surface area contributed by atoms with Crippen molar-refractivity contribution in [3.63, 3.8) is 0 Å². The summed E-state index contributed by atoms with van der Waals surface area (Å²) in [7, 11) is 3.30. The highest BCUT2D eigenvalue weighted by atomic mass is 127. The lowest BCUT2D eigenvalue weighted by molar-refractivity contribution is 0.411. The molecule has 0 amide bonds. The van der Waals surface area contributed by atoms with E-state index in [0.717, 1.165) is 30.7 Å². The third-order valence-corrected chi connectivity index (χ3v) is 5.22. The normalized spacial score (nSPS) is 10.5. The van der Waals surface area contributed by atoms with Gasteiger partial charge in [0, 0.05) is 16.1 Å². The molecule has 0 radical (unpaired) electrons. The number of hydrogen-bond acceptors (Lipinski definition) is 2. The molecule has 138 valence electrons. The maximum Gasteiger partial charge on any atom is 0.133 e. The molecule has 0 spiro atoms. The van der Waals surface area contributed by atoms with Crippen LogP contribution in [-0.4, -0.2) is 14.2 Å². The van der Waals surface area contributed by atoms with Crippen LogP contribution in [0.2, 0.25) is 10.0 Å². The quantitative estimate of drug-likeness (QED) is 0.408. The molecule has 2 rings (SSSR count). The second-order valence-corrected chi connectivity index (χ2v) is 8.18. The van der Waals surface area contributed by atoms with Crippen molar-refractivity contribution in [1.82, 2.24) is 0 Å². The Bertz CT molecular complexity index is 700. The highest BCUT2D eigenvalue weighted by molar-refractivity contribution is 14.1. The number of rotatable bonds is 4. The SMILES string of the molecule is COc1cc(Cl)c(C(C)C)cc1I.COc1ccc(C(C)C)c(Cl)c1. The van der Waals surface area contributed by atoms with Gasteiger partial charge in [-0.3, -0.25) is 0 Å². The summed E-state index contributed by atoms with van der Waals surface area (Å²) in [4.78, 5) is 0. The van der Waals surface area contributed by atoms with Crippen LogP contribution in [0.25, 0.3) is 0 Å². The van der Waals surface area contributed by atoms with Crippen molar-refractivity contribution in [1.29, 1.82) is 0 Å². The average molecular weight is 495 g/mol. The molecule has 0 aliphatic rings. The van der Waals surface area contributed by atoms with Crippen molar-refractivity contribution >= 4 is 45.8 Å². The minimum absolute atomic E-state index is 0.451. The molecule has 0 saturated heterocycles. The van der Waals surface area contributed by atoms with E-state index >= 15 is 0 Å². The molecular formula is C20H25Cl2IO2. The molecule has 0 aliphatic heterocycles. The molecule has 2 aromatic rings. The van der Waals surface area contributed by atoms with Gasteiger partial charge in [-0.05, 0) is 63.8 Å². The molecule has 2 aromatic carbocycles. The zero-order chi connectivity index (χ0) is 19.1. The van der Waals surface area contributed by atoms with Crippen LogP contribution in [0, 0.1) is 3.57 Å². The molecule has 0 fully saturated rings. The molecular weight excluding hydrogens is 470 g/mol. The summed E-state index contributed by atoms with van der Waals surface area (Å²) in [6.45, 7) is 8.49. The summed E-state index contributed by atoms with van der Waals surface area (Å²) in [5, 5.41) is 1.57. The predicted octanol–water partition coefficient (Wildman–Crippen LogP) is 7.55. The number of ether oxygens (including phenoxy) is 2. The molecule has 2 nitrogen and oxygen atoms in total. The Morgan fingerprint density at radius 1 is 0.800 bits per heavy atom. The molecule has 0 bridgehead atoms. The number of hydrogen-bond donors (Lipinski definition) is 0. The molecule has 0 aliphatic carbocycles. The third kappa shape index (κ3) is 6.54. The van der Waals surface area contributed by atoms with Gasteiger partial charge in [-0.15, -0.1) is 0 Å². The summed E-state index contributed by atoms with van der Waals surface area (Å²) >= 11 is 14.4. The number of methoxy groups -OCH3 is 2. The maximum atomic E-state index is 6.09. The topological polar surface area (TPSA) is 18.5 Å². The van der Waals surface area contributed by atoms with Crippen LogP contribution in [0.4, 0.5) is 0 Å². The van der Waals surface area contributed by atoms with Crippen LogP contribution < -0.4 is 9.47 Å². The summed E-state index contributed by atoms with van der Waals surface area (Å²) in [5.74, 6) is 2.56. The Balaban J connectivity index is 0.000000251. The summed E-state index contributed by atoms with van der Waals surface area (Å²) in [6, 6.07) is 9.73. The Morgan fingerprint density at radius 2 is 1.36 bits per heavy atom. The average Bonchev–Trinajstić information content (AvgIpc) is 2.56. The first-order valence-electron chi connectivity index (χ1n) is 8.07. The predicted molar refractivity (Wildman–Crippen MR) is 117 cm³/mol. The Labute approximate surface area is 175 Å². The van der Waals surface area contributed by atoms with E-state index in [1.54, 1.807) is 14.2 Å². The fourth-order valence-electron chi connectivity index (χ4n) is 2.25. The minimum atomic E-state index is 0.451. The van der Waals surface area contributed by atoms with E-state index < -0.39 is 0 Å². The highest BCUT2D eigenvalue weighted by Crippen LogP contribution is 2.32. The van der Waals surface area contributed by atoms with Gasteiger partial charge in [0.2, 0.25) is 0 Å². The zero-order valence-corrected chi connectivity index (χ0v) is 19.2. The van der Waals surface area contributed by atoms with E-state index in [-0.39, 0.29) is 0 Å². The molecule has 0 saturated carbocycles. The Hall–Kier alpha value is -0.650. The molecule has 0 heterocycles. The van der Waals surface area contributed by atoms with Crippen LogP contribution in [0.3, 0.4) is 0 Å². The van der Waals surface area contributed by atoms with Crippen molar-refractivity contribution in [2.45, 2.75) is 39.5 Å². The van der Waals surface area contributed by atoms with Gasteiger partial charge in [0.05, 0.1) is 17.8 Å². The largest absolute Gasteiger partial charge is 0.497 e. The van der Waals surface area contributed by atoms with E-state index in [0.29, 0.717) is 11.8 Å². The summed E-state index contributed by atoms with van der Waals surface area (Å²) in [6.07, 6.45) is 0. The lowest BCUT2D eigenvalue weighted by Gasteiger charge is -2.11. The van der Waals surface area contributed by atoms with Gasteiger partial charge in [0.15, 0.2) is 0 Å².